The third-order valence-electron chi connectivity index (χ3n) is 3.36. The minimum atomic E-state index is -0.198. The molecule has 0 saturated carbocycles. The van der Waals surface area contributed by atoms with E-state index in [1.54, 1.807) is 0 Å². The van der Waals surface area contributed by atoms with E-state index in [2.05, 4.69) is 4.99 Å². The highest BCUT2D eigenvalue weighted by Gasteiger charge is 2.22. The Morgan fingerprint density at radius 3 is 2.61 bits per heavy atom. The summed E-state index contributed by atoms with van der Waals surface area (Å²) in [5.41, 5.74) is 0.988. The lowest BCUT2D eigenvalue weighted by Gasteiger charge is -2.18. The van der Waals surface area contributed by atoms with Gasteiger partial charge in [-0.3, -0.25) is 9.59 Å². The fraction of sp³-hybridized carbons (Fsp3) is 0.353. The van der Waals surface area contributed by atoms with E-state index in [0.29, 0.717) is 17.1 Å². The molecule has 4 nitrogen and oxygen atoms in total. The number of carbonyl (C=O) groups excluding carboxylic acids is 2. The van der Waals surface area contributed by atoms with Crippen molar-refractivity contribution >= 4 is 45.8 Å². The van der Waals surface area contributed by atoms with E-state index in [1.807, 2.05) is 55.2 Å². The van der Waals surface area contributed by atoms with E-state index in [0.717, 1.165) is 23.0 Å². The fourth-order valence-corrected chi connectivity index (χ4v) is 4.11. The zero-order valence-corrected chi connectivity index (χ0v) is 15.0. The summed E-state index contributed by atoms with van der Waals surface area (Å²) in [6.45, 7) is 5.42. The molecular formula is C17H20N2O2S2. The number of aliphatic imine (C=N–C) groups is 1. The topological polar surface area (TPSA) is 49.7 Å². The molecule has 0 radical (unpaired) electrons. The molecule has 1 aromatic rings. The number of carbonyl (C=O) groups is 2. The number of hydrogen-bond donors (Lipinski definition) is 0. The molecule has 2 amide bonds. The third-order valence-corrected chi connectivity index (χ3v) is 5.48. The van der Waals surface area contributed by atoms with Gasteiger partial charge in [-0.05, 0) is 25.5 Å². The van der Waals surface area contributed by atoms with Crippen molar-refractivity contribution in [3.8, 4) is 0 Å². The van der Waals surface area contributed by atoms with Crippen molar-refractivity contribution in [3.63, 3.8) is 0 Å². The quantitative estimate of drug-likeness (QED) is 0.736. The van der Waals surface area contributed by atoms with Crippen LogP contribution in [0.1, 0.15) is 25.8 Å². The van der Waals surface area contributed by atoms with Crippen molar-refractivity contribution in [1.29, 1.82) is 0 Å². The van der Waals surface area contributed by atoms with Gasteiger partial charge in [0.2, 0.25) is 5.91 Å². The van der Waals surface area contributed by atoms with E-state index < -0.39 is 0 Å². The first-order valence-electron chi connectivity index (χ1n) is 7.62. The molecule has 6 heteroatoms. The van der Waals surface area contributed by atoms with Gasteiger partial charge in [0, 0.05) is 25.3 Å². The Bertz CT molecular complexity index is 623. The molecule has 1 aliphatic rings. The SMILES string of the molecule is CCN(CC)C(=O)CCSC1=NC(=O)C(=Cc2ccccc2)S1. The van der Waals surface area contributed by atoms with Crippen LogP contribution in [0.15, 0.2) is 40.2 Å². The van der Waals surface area contributed by atoms with Crippen LogP contribution in [0.2, 0.25) is 0 Å². The Morgan fingerprint density at radius 1 is 1.26 bits per heavy atom. The van der Waals surface area contributed by atoms with Crippen molar-refractivity contribution < 1.29 is 9.59 Å². The molecular weight excluding hydrogens is 328 g/mol. The van der Waals surface area contributed by atoms with Crippen LogP contribution in [-0.4, -0.2) is 39.9 Å². The van der Waals surface area contributed by atoms with Crippen LogP contribution in [-0.2, 0) is 9.59 Å². The van der Waals surface area contributed by atoms with Gasteiger partial charge in [-0.25, -0.2) is 0 Å². The van der Waals surface area contributed by atoms with Gasteiger partial charge in [-0.1, -0.05) is 53.9 Å². The summed E-state index contributed by atoms with van der Waals surface area (Å²) >= 11 is 2.86. The molecule has 23 heavy (non-hydrogen) atoms. The molecule has 0 spiro atoms. The zero-order valence-electron chi connectivity index (χ0n) is 13.3. The molecule has 2 rings (SSSR count). The first-order chi connectivity index (χ1) is 11.1. The lowest BCUT2D eigenvalue weighted by Crippen LogP contribution is -2.30. The largest absolute Gasteiger partial charge is 0.343 e. The van der Waals surface area contributed by atoms with Gasteiger partial charge < -0.3 is 4.90 Å². The average Bonchev–Trinajstić information content (AvgIpc) is 2.89. The maximum absolute atomic E-state index is 11.9. The van der Waals surface area contributed by atoms with E-state index in [1.165, 1.54) is 23.5 Å². The molecule has 1 aromatic carbocycles. The molecule has 0 bridgehead atoms. The first-order valence-corrected chi connectivity index (χ1v) is 9.42. The smallest absolute Gasteiger partial charge is 0.285 e. The van der Waals surface area contributed by atoms with Crippen molar-refractivity contribution in [2.24, 2.45) is 4.99 Å². The molecule has 0 fully saturated rings. The van der Waals surface area contributed by atoms with Gasteiger partial charge in [0.25, 0.3) is 5.91 Å². The predicted molar refractivity (Wildman–Crippen MR) is 99.5 cm³/mol. The Morgan fingerprint density at radius 2 is 1.96 bits per heavy atom. The van der Waals surface area contributed by atoms with Gasteiger partial charge in [0.05, 0.1) is 4.91 Å². The van der Waals surface area contributed by atoms with Gasteiger partial charge in [0.1, 0.15) is 4.38 Å². The van der Waals surface area contributed by atoms with E-state index in [9.17, 15) is 9.59 Å². The minimum Gasteiger partial charge on any atom is -0.343 e. The van der Waals surface area contributed by atoms with Crippen LogP contribution in [0.4, 0.5) is 0 Å². The molecule has 1 heterocycles. The number of thioether (sulfide) groups is 2. The van der Waals surface area contributed by atoms with Crippen molar-refractivity contribution in [3.05, 3.63) is 40.8 Å². The summed E-state index contributed by atoms with van der Waals surface area (Å²) in [5.74, 6) is 0.599. The summed E-state index contributed by atoms with van der Waals surface area (Å²) in [7, 11) is 0. The number of rotatable bonds is 6. The van der Waals surface area contributed by atoms with Gasteiger partial charge in [-0.2, -0.15) is 4.99 Å². The second-order valence-electron chi connectivity index (χ2n) is 4.87. The number of benzene rings is 1. The average molecular weight is 348 g/mol. The zero-order chi connectivity index (χ0) is 16.7. The Hall–Kier alpha value is -1.53. The van der Waals surface area contributed by atoms with Crippen LogP contribution < -0.4 is 0 Å². The number of nitrogens with zero attached hydrogens (tertiary/aromatic N) is 2. The van der Waals surface area contributed by atoms with E-state index >= 15 is 0 Å². The minimum absolute atomic E-state index is 0.150. The van der Waals surface area contributed by atoms with Crippen LogP contribution in [0.5, 0.6) is 0 Å². The fourth-order valence-electron chi connectivity index (χ4n) is 2.11. The normalized spacial score (nSPS) is 15.8. The molecule has 0 N–H and O–H groups in total. The van der Waals surface area contributed by atoms with E-state index in [4.69, 9.17) is 0 Å². The number of hydrogen-bond acceptors (Lipinski definition) is 4. The highest BCUT2D eigenvalue weighted by molar-refractivity contribution is 8.41. The van der Waals surface area contributed by atoms with Crippen LogP contribution >= 0.6 is 23.5 Å². The van der Waals surface area contributed by atoms with Crippen molar-refractivity contribution in [1.82, 2.24) is 4.90 Å². The molecule has 122 valence electrons. The third kappa shape index (κ3) is 5.25. The summed E-state index contributed by atoms with van der Waals surface area (Å²) in [6, 6.07) is 9.72. The van der Waals surface area contributed by atoms with E-state index in [-0.39, 0.29) is 11.8 Å². The summed E-state index contributed by atoms with van der Waals surface area (Å²) in [6.07, 6.45) is 2.32. The monoisotopic (exact) mass is 348 g/mol. The lowest BCUT2D eigenvalue weighted by atomic mass is 10.2. The standard InChI is InChI=1S/C17H20N2O2S2/c1-3-19(4-2)15(20)10-11-22-17-18-16(21)14(23-17)12-13-8-6-5-7-9-13/h5-9,12H,3-4,10-11H2,1-2H3. The summed E-state index contributed by atoms with van der Waals surface area (Å²) in [4.78, 5) is 30.4. The maximum Gasteiger partial charge on any atom is 0.285 e. The van der Waals surface area contributed by atoms with Crippen LogP contribution in [0.25, 0.3) is 6.08 Å². The Balaban J connectivity index is 1.85. The number of amides is 2. The van der Waals surface area contributed by atoms with Crippen molar-refractivity contribution in [2.45, 2.75) is 20.3 Å². The predicted octanol–water partition coefficient (Wildman–Crippen LogP) is 3.65. The maximum atomic E-state index is 11.9. The molecule has 0 aliphatic carbocycles. The van der Waals surface area contributed by atoms with Crippen LogP contribution in [0, 0.1) is 0 Å². The highest BCUT2D eigenvalue weighted by atomic mass is 32.2. The Labute approximate surface area is 145 Å². The molecule has 0 saturated heterocycles. The molecule has 1 aliphatic heterocycles. The van der Waals surface area contributed by atoms with Gasteiger partial charge >= 0.3 is 0 Å². The van der Waals surface area contributed by atoms with Crippen LogP contribution in [0.3, 0.4) is 0 Å². The molecule has 0 atom stereocenters. The summed E-state index contributed by atoms with van der Waals surface area (Å²) < 4.78 is 0.726. The lowest BCUT2D eigenvalue weighted by molar-refractivity contribution is -0.130. The molecule has 0 aromatic heterocycles. The molecule has 0 unspecified atom stereocenters. The summed E-state index contributed by atoms with van der Waals surface area (Å²) in [5, 5.41) is 0. The van der Waals surface area contributed by atoms with Gasteiger partial charge in [0.15, 0.2) is 0 Å². The second-order valence-corrected chi connectivity index (χ2v) is 7.24. The van der Waals surface area contributed by atoms with Gasteiger partial charge in [-0.15, -0.1) is 0 Å². The first kappa shape index (κ1) is 17.8. The Kier molecular flexibility index (Phi) is 6.92. The van der Waals surface area contributed by atoms with Crippen molar-refractivity contribution in [2.75, 3.05) is 18.8 Å². The highest BCUT2D eigenvalue weighted by Crippen LogP contribution is 2.33. The second kappa shape index (κ2) is 8.93.